The number of hydrogen-bond donors (Lipinski definition) is 1. The van der Waals surface area contributed by atoms with E-state index < -0.39 is 0 Å². The average molecular weight is 229 g/mol. The first-order valence-corrected chi connectivity index (χ1v) is 6.75. The molecule has 2 nitrogen and oxygen atoms in total. The molecule has 0 radical (unpaired) electrons. The molecule has 0 unspecified atom stereocenters. The van der Waals surface area contributed by atoms with E-state index in [-0.39, 0.29) is 0 Å². The van der Waals surface area contributed by atoms with Crippen molar-refractivity contribution in [1.82, 2.24) is 5.32 Å². The molecule has 1 N–H and O–H groups in total. The van der Waals surface area contributed by atoms with Gasteiger partial charge < -0.3 is 10.1 Å². The van der Waals surface area contributed by atoms with Gasteiger partial charge in [-0.25, -0.2) is 0 Å². The molecule has 2 aliphatic heterocycles. The van der Waals surface area contributed by atoms with Gasteiger partial charge in [-0.2, -0.15) is 0 Å². The average Bonchev–Trinajstić information content (AvgIpc) is 2.25. The first kappa shape index (κ1) is 10.1. The molecule has 2 fully saturated rings. The molecule has 1 aliphatic carbocycles. The lowest BCUT2D eigenvalue weighted by Gasteiger charge is -2.53. The highest BCUT2D eigenvalue weighted by atomic mass is 16.5. The third-order valence-corrected chi connectivity index (χ3v) is 4.76. The zero-order valence-corrected chi connectivity index (χ0v) is 10.2. The molecule has 0 aromatic heterocycles. The van der Waals surface area contributed by atoms with Crippen LogP contribution in [0.25, 0.3) is 0 Å². The number of ether oxygens (including phenoxy) is 1. The second kappa shape index (κ2) is 3.56. The van der Waals surface area contributed by atoms with Crippen LogP contribution in [0, 0.1) is 5.41 Å². The predicted molar refractivity (Wildman–Crippen MR) is 67.1 cm³/mol. The van der Waals surface area contributed by atoms with Crippen molar-refractivity contribution in [3.8, 4) is 0 Å². The fourth-order valence-corrected chi connectivity index (χ4v) is 3.60. The summed E-state index contributed by atoms with van der Waals surface area (Å²) in [6, 6.07) is 7.16. The number of hydrogen-bond acceptors (Lipinski definition) is 2. The van der Waals surface area contributed by atoms with Gasteiger partial charge in [0.05, 0.1) is 13.2 Å². The molecule has 0 atom stereocenters. The quantitative estimate of drug-likeness (QED) is 0.797. The summed E-state index contributed by atoms with van der Waals surface area (Å²) in [7, 11) is 0. The number of rotatable bonds is 1. The minimum Gasteiger partial charge on any atom is -0.380 e. The largest absolute Gasteiger partial charge is 0.380 e. The molecular weight excluding hydrogens is 210 g/mol. The Morgan fingerprint density at radius 2 is 2.06 bits per heavy atom. The van der Waals surface area contributed by atoms with Crippen molar-refractivity contribution in [2.45, 2.75) is 31.7 Å². The van der Waals surface area contributed by atoms with Crippen molar-refractivity contribution in [1.29, 1.82) is 0 Å². The van der Waals surface area contributed by atoms with Gasteiger partial charge in [-0.15, -0.1) is 0 Å². The van der Waals surface area contributed by atoms with Crippen molar-refractivity contribution in [3.63, 3.8) is 0 Å². The molecule has 1 spiro atoms. The molecule has 90 valence electrons. The second-order valence-corrected chi connectivity index (χ2v) is 6.05. The zero-order chi connectivity index (χ0) is 11.3. The van der Waals surface area contributed by atoms with E-state index in [2.05, 4.69) is 23.5 Å². The highest BCUT2D eigenvalue weighted by Gasteiger charge is 2.49. The Kier molecular flexibility index (Phi) is 2.12. The number of fused-ring (bicyclic) bond motifs is 1. The van der Waals surface area contributed by atoms with Crippen molar-refractivity contribution in [2.75, 3.05) is 19.8 Å². The van der Waals surface area contributed by atoms with E-state index >= 15 is 0 Å². The van der Waals surface area contributed by atoms with Gasteiger partial charge in [0.25, 0.3) is 0 Å². The Hall–Kier alpha value is -0.860. The molecule has 2 heterocycles. The van der Waals surface area contributed by atoms with Crippen LogP contribution in [0.4, 0.5) is 0 Å². The third kappa shape index (κ3) is 1.54. The summed E-state index contributed by atoms with van der Waals surface area (Å²) in [6.45, 7) is 4.21. The van der Waals surface area contributed by atoms with Gasteiger partial charge in [-0.3, -0.25) is 0 Å². The zero-order valence-electron chi connectivity index (χ0n) is 10.2. The minimum atomic E-state index is 0.582. The maximum Gasteiger partial charge on any atom is 0.0545 e. The van der Waals surface area contributed by atoms with Gasteiger partial charge in [0.15, 0.2) is 0 Å². The maximum absolute atomic E-state index is 5.34. The summed E-state index contributed by atoms with van der Waals surface area (Å²) in [5.74, 6) is 0.797. The van der Waals surface area contributed by atoms with E-state index in [4.69, 9.17) is 4.74 Å². The molecular formula is C15H19NO. The SMILES string of the molecule is c1cc2c(cc1C1CC3(COC3)C1)CNCC2. The van der Waals surface area contributed by atoms with Crippen molar-refractivity contribution in [3.05, 3.63) is 34.9 Å². The Morgan fingerprint density at radius 1 is 1.18 bits per heavy atom. The van der Waals surface area contributed by atoms with Gasteiger partial charge >= 0.3 is 0 Å². The lowest BCUT2D eigenvalue weighted by Crippen LogP contribution is -2.51. The smallest absolute Gasteiger partial charge is 0.0545 e. The number of benzene rings is 1. The van der Waals surface area contributed by atoms with Gasteiger partial charge in [0, 0.05) is 12.0 Å². The lowest BCUT2D eigenvalue weighted by atomic mass is 9.59. The molecule has 4 rings (SSSR count). The Balaban J connectivity index is 1.54. The predicted octanol–water partition coefficient (Wildman–Crippen LogP) is 2.23. The van der Waals surface area contributed by atoms with Crippen LogP contribution in [0.5, 0.6) is 0 Å². The lowest BCUT2D eigenvalue weighted by molar-refractivity contribution is -0.164. The van der Waals surface area contributed by atoms with Crippen molar-refractivity contribution in [2.24, 2.45) is 5.41 Å². The summed E-state index contributed by atoms with van der Waals surface area (Å²) >= 11 is 0. The highest BCUT2D eigenvalue weighted by molar-refractivity contribution is 5.36. The van der Waals surface area contributed by atoms with Crippen molar-refractivity contribution >= 4 is 0 Å². The van der Waals surface area contributed by atoms with Crippen LogP contribution < -0.4 is 5.32 Å². The minimum absolute atomic E-state index is 0.582. The van der Waals surface area contributed by atoms with Crippen LogP contribution in [0.2, 0.25) is 0 Å². The summed E-state index contributed by atoms with van der Waals surface area (Å²) < 4.78 is 5.34. The second-order valence-electron chi connectivity index (χ2n) is 6.05. The molecule has 1 aromatic carbocycles. The van der Waals surface area contributed by atoms with Gasteiger partial charge in [-0.05, 0) is 48.4 Å². The van der Waals surface area contributed by atoms with Crippen molar-refractivity contribution < 1.29 is 4.74 Å². The van der Waals surface area contributed by atoms with E-state index in [1.807, 2.05) is 0 Å². The fraction of sp³-hybridized carbons (Fsp3) is 0.600. The monoisotopic (exact) mass is 229 g/mol. The maximum atomic E-state index is 5.34. The van der Waals surface area contributed by atoms with Crippen LogP contribution in [-0.2, 0) is 17.7 Å². The third-order valence-electron chi connectivity index (χ3n) is 4.76. The Bertz CT molecular complexity index is 442. The van der Waals surface area contributed by atoms with Crippen LogP contribution >= 0.6 is 0 Å². The van der Waals surface area contributed by atoms with Gasteiger partial charge in [0.2, 0.25) is 0 Å². The van der Waals surface area contributed by atoms with E-state index in [9.17, 15) is 0 Å². The van der Waals surface area contributed by atoms with E-state index in [1.54, 1.807) is 11.1 Å². The Morgan fingerprint density at radius 3 is 2.82 bits per heavy atom. The summed E-state index contributed by atoms with van der Waals surface area (Å²) in [5.41, 5.74) is 5.22. The van der Waals surface area contributed by atoms with Gasteiger partial charge in [-0.1, -0.05) is 18.2 Å². The molecule has 1 saturated carbocycles. The van der Waals surface area contributed by atoms with Crippen LogP contribution in [-0.4, -0.2) is 19.8 Å². The van der Waals surface area contributed by atoms with E-state index in [0.717, 1.165) is 32.2 Å². The topological polar surface area (TPSA) is 21.3 Å². The first-order valence-electron chi connectivity index (χ1n) is 6.75. The summed E-state index contributed by atoms with van der Waals surface area (Å²) in [6.07, 6.45) is 3.89. The fourth-order valence-electron chi connectivity index (χ4n) is 3.60. The molecule has 0 amide bonds. The highest BCUT2D eigenvalue weighted by Crippen LogP contribution is 2.55. The molecule has 17 heavy (non-hydrogen) atoms. The molecule has 1 saturated heterocycles. The Labute approximate surface area is 102 Å². The van der Waals surface area contributed by atoms with E-state index in [0.29, 0.717) is 5.41 Å². The molecule has 2 heteroatoms. The summed E-state index contributed by atoms with van der Waals surface area (Å²) in [4.78, 5) is 0. The van der Waals surface area contributed by atoms with Crippen LogP contribution in [0.15, 0.2) is 18.2 Å². The normalized spacial score (nSPS) is 26.1. The first-order chi connectivity index (χ1) is 8.35. The molecule has 0 bridgehead atoms. The number of nitrogens with one attached hydrogen (secondary N) is 1. The molecule has 1 aromatic rings. The summed E-state index contributed by atoms with van der Waals surface area (Å²) in [5, 5.41) is 3.46. The van der Waals surface area contributed by atoms with E-state index in [1.165, 1.54) is 24.8 Å². The van der Waals surface area contributed by atoms with Gasteiger partial charge in [0.1, 0.15) is 0 Å². The molecule has 3 aliphatic rings. The van der Waals surface area contributed by atoms with Crippen LogP contribution in [0.1, 0.15) is 35.4 Å². The van der Waals surface area contributed by atoms with Crippen LogP contribution in [0.3, 0.4) is 0 Å². The standard InChI is InChI=1S/C15H19NO/c1-2-12(5-13-8-16-4-3-11(1)13)14-6-15(7-14)9-17-10-15/h1-2,5,14,16H,3-4,6-10H2.